The first kappa shape index (κ1) is 11.4. The fourth-order valence-electron chi connectivity index (χ4n) is 1.61. The third-order valence-electron chi connectivity index (χ3n) is 2.59. The molecule has 0 saturated heterocycles. The molecule has 17 heavy (non-hydrogen) atoms. The summed E-state index contributed by atoms with van der Waals surface area (Å²) in [5.41, 5.74) is 0.528. The highest BCUT2D eigenvalue weighted by atomic mass is 19.4. The summed E-state index contributed by atoms with van der Waals surface area (Å²) < 4.78 is 37.6. The van der Waals surface area contributed by atoms with Gasteiger partial charge >= 0.3 is 6.18 Å². The molecule has 0 aliphatic rings. The van der Waals surface area contributed by atoms with E-state index in [4.69, 9.17) is 5.26 Å². The number of rotatable bonds is 0. The Kier molecular flexibility index (Phi) is 2.50. The maximum absolute atomic E-state index is 12.5. The summed E-state index contributed by atoms with van der Waals surface area (Å²) in [4.78, 5) is 3.95. The van der Waals surface area contributed by atoms with E-state index in [1.165, 1.54) is 12.3 Å². The number of aryl methyl sites for hydroxylation is 1. The lowest BCUT2D eigenvalue weighted by atomic mass is 10.0. The standard InChI is InChI=1S/C12H7F3N2/c1-7-8(5-16)6-17-11-3-2-9(4-10(7)11)12(13,14)15/h2-4,6H,1H3. The normalized spacial score (nSPS) is 11.5. The van der Waals surface area contributed by atoms with Crippen LogP contribution in [0.3, 0.4) is 0 Å². The molecule has 0 saturated carbocycles. The molecule has 2 rings (SSSR count). The first-order valence-corrected chi connectivity index (χ1v) is 4.80. The van der Waals surface area contributed by atoms with Gasteiger partial charge < -0.3 is 0 Å². The van der Waals surface area contributed by atoms with Gasteiger partial charge in [0.05, 0.1) is 16.6 Å². The van der Waals surface area contributed by atoms with Gasteiger partial charge in [-0.25, -0.2) is 0 Å². The van der Waals surface area contributed by atoms with Crippen LogP contribution in [0.4, 0.5) is 13.2 Å². The highest BCUT2D eigenvalue weighted by Gasteiger charge is 2.30. The molecular weight excluding hydrogens is 229 g/mol. The van der Waals surface area contributed by atoms with Gasteiger partial charge in [0.1, 0.15) is 6.07 Å². The molecule has 0 atom stereocenters. The fraction of sp³-hybridized carbons (Fsp3) is 0.167. The zero-order valence-electron chi connectivity index (χ0n) is 8.84. The van der Waals surface area contributed by atoms with Crippen LogP contribution >= 0.6 is 0 Å². The molecule has 0 amide bonds. The van der Waals surface area contributed by atoms with Gasteiger partial charge in [0, 0.05) is 11.6 Å². The largest absolute Gasteiger partial charge is 0.416 e. The molecule has 1 heterocycles. The molecule has 0 aliphatic carbocycles. The zero-order chi connectivity index (χ0) is 12.6. The van der Waals surface area contributed by atoms with Crippen molar-refractivity contribution in [2.24, 2.45) is 0 Å². The van der Waals surface area contributed by atoms with Crippen LogP contribution in [0.25, 0.3) is 10.9 Å². The van der Waals surface area contributed by atoms with E-state index in [0.29, 0.717) is 16.5 Å². The molecule has 0 unspecified atom stereocenters. The number of fused-ring (bicyclic) bond motifs is 1. The number of hydrogen-bond donors (Lipinski definition) is 0. The van der Waals surface area contributed by atoms with E-state index in [9.17, 15) is 13.2 Å². The minimum Gasteiger partial charge on any atom is -0.255 e. The Hall–Kier alpha value is -2.09. The molecule has 0 fully saturated rings. The van der Waals surface area contributed by atoms with E-state index in [1.54, 1.807) is 6.92 Å². The Labute approximate surface area is 95.3 Å². The number of alkyl halides is 3. The fourth-order valence-corrected chi connectivity index (χ4v) is 1.61. The second kappa shape index (κ2) is 3.74. The molecule has 86 valence electrons. The second-order valence-corrected chi connectivity index (χ2v) is 3.64. The number of aromatic nitrogens is 1. The molecule has 1 aromatic heterocycles. The van der Waals surface area contributed by atoms with E-state index < -0.39 is 11.7 Å². The maximum atomic E-state index is 12.5. The van der Waals surface area contributed by atoms with Crippen molar-refractivity contribution in [3.8, 4) is 6.07 Å². The van der Waals surface area contributed by atoms with E-state index in [0.717, 1.165) is 12.1 Å². The van der Waals surface area contributed by atoms with Crippen molar-refractivity contribution in [3.63, 3.8) is 0 Å². The second-order valence-electron chi connectivity index (χ2n) is 3.64. The average molecular weight is 236 g/mol. The Bertz CT molecular complexity index is 624. The molecule has 5 heteroatoms. The summed E-state index contributed by atoms with van der Waals surface area (Å²) in [6.07, 6.45) is -3.02. The summed E-state index contributed by atoms with van der Waals surface area (Å²) in [7, 11) is 0. The van der Waals surface area contributed by atoms with Gasteiger partial charge in [0.2, 0.25) is 0 Å². The lowest BCUT2D eigenvalue weighted by molar-refractivity contribution is -0.137. The molecule has 2 nitrogen and oxygen atoms in total. The smallest absolute Gasteiger partial charge is 0.255 e. The number of benzene rings is 1. The van der Waals surface area contributed by atoms with Crippen molar-refractivity contribution >= 4 is 10.9 Å². The number of pyridine rings is 1. The Morgan fingerprint density at radius 2 is 2.00 bits per heavy atom. The third kappa shape index (κ3) is 1.94. The lowest BCUT2D eigenvalue weighted by Crippen LogP contribution is -2.04. The van der Waals surface area contributed by atoms with Gasteiger partial charge in [-0.3, -0.25) is 4.98 Å². The van der Waals surface area contributed by atoms with Crippen molar-refractivity contribution < 1.29 is 13.2 Å². The van der Waals surface area contributed by atoms with Gasteiger partial charge in [0.25, 0.3) is 0 Å². The van der Waals surface area contributed by atoms with E-state index in [2.05, 4.69) is 4.98 Å². The first-order chi connectivity index (χ1) is 7.93. The van der Waals surface area contributed by atoms with Crippen LogP contribution < -0.4 is 0 Å². The quantitative estimate of drug-likeness (QED) is 0.702. The number of nitrogens with zero attached hydrogens (tertiary/aromatic N) is 2. The van der Waals surface area contributed by atoms with Crippen molar-refractivity contribution in [1.82, 2.24) is 4.98 Å². The highest BCUT2D eigenvalue weighted by molar-refractivity contribution is 5.84. The topological polar surface area (TPSA) is 36.7 Å². The molecule has 0 aliphatic heterocycles. The van der Waals surface area contributed by atoms with Crippen molar-refractivity contribution in [3.05, 3.63) is 41.1 Å². The van der Waals surface area contributed by atoms with Crippen LogP contribution in [0.2, 0.25) is 0 Å². The average Bonchev–Trinajstić information content (AvgIpc) is 2.28. The Morgan fingerprint density at radius 3 is 2.59 bits per heavy atom. The summed E-state index contributed by atoms with van der Waals surface area (Å²) in [5, 5.41) is 9.15. The van der Waals surface area contributed by atoms with Crippen LogP contribution in [0.1, 0.15) is 16.7 Å². The summed E-state index contributed by atoms with van der Waals surface area (Å²) in [5.74, 6) is 0. The lowest BCUT2D eigenvalue weighted by Gasteiger charge is -2.09. The van der Waals surface area contributed by atoms with Crippen molar-refractivity contribution in [2.75, 3.05) is 0 Å². The van der Waals surface area contributed by atoms with E-state index in [-0.39, 0.29) is 5.56 Å². The molecular formula is C12H7F3N2. The van der Waals surface area contributed by atoms with Crippen LogP contribution in [0.5, 0.6) is 0 Å². The van der Waals surface area contributed by atoms with Crippen LogP contribution in [0.15, 0.2) is 24.4 Å². The summed E-state index contributed by atoms with van der Waals surface area (Å²) in [6.45, 7) is 1.61. The molecule has 0 N–H and O–H groups in total. The minimum atomic E-state index is -4.39. The number of halogens is 3. The Morgan fingerprint density at radius 1 is 1.29 bits per heavy atom. The minimum absolute atomic E-state index is 0.289. The first-order valence-electron chi connectivity index (χ1n) is 4.80. The molecule has 2 aromatic rings. The zero-order valence-corrected chi connectivity index (χ0v) is 8.84. The van der Waals surface area contributed by atoms with Gasteiger partial charge in [-0.15, -0.1) is 0 Å². The van der Waals surface area contributed by atoms with Gasteiger partial charge in [-0.1, -0.05) is 0 Å². The summed E-state index contributed by atoms with van der Waals surface area (Å²) in [6, 6.07) is 5.23. The van der Waals surface area contributed by atoms with Crippen molar-refractivity contribution in [1.29, 1.82) is 5.26 Å². The monoisotopic (exact) mass is 236 g/mol. The third-order valence-corrected chi connectivity index (χ3v) is 2.59. The van der Waals surface area contributed by atoms with Crippen molar-refractivity contribution in [2.45, 2.75) is 13.1 Å². The molecule has 0 radical (unpaired) electrons. The van der Waals surface area contributed by atoms with Gasteiger partial charge in [-0.2, -0.15) is 18.4 Å². The molecule has 0 bridgehead atoms. The predicted molar refractivity (Wildman–Crippen MR) is 56.2 cm³/mol. The molecule has 1 aromatic carbocycles. The van der Waals surface area contributed by atoms with Crippen LogP contribution in [-0.4, -0.2) is 4.98 Å². The van der Waals surface area contributed by atoms with E-state index >= 15 is 0 Å². The summed E-state index contributed by atoms with van der Waals surface area (Å²) >= 11 is 0. The number of nitriles is 1. The molecule has 0 spiro atoms. The SMILES string of the molecule is Cc1c(C#N)cnc2ccc(C(F)(F)F)cc12. The van der Waals surface area contributed by atoms with Crippen LogP contribution in [0, 0.1) is 18.3 Å². The highest BCUT2D eigenvalue weighted by Crippen LogP contribution is 2.32. The van der Waals surface area contributed by atoms with Gasteiger partial charge in [-0.05, 0) is 30.7 Å². The maximum Gasteiger partial charge on any atom is 0.416 e. The Balaban J connectivity index is 2.76. The number of hydrogen-bond acceptors (Lipinski definition) is 2. The predicted octanol–water partition coefficient (Wildman–Crippen LogP) is 3.43. The van der Waals surface area contributed by atoms with E-state index in [1.807, 2.05) is 6.07 Å². The van der Waals surface area contributed by atoms with Crippen LogP contribution in [-0.2, 0) is 6.18 Å². The van der Waals surface area contributed by atoms with Gasteiger partial charge in [0.15, 0.2) is 0 Å².